The third-order valence-corrected chi connectivity index (χ3v) is 3.70. The van der Waals surface area contributed by atoms with Crippen LogP contribution in [0, 0.1) is 5.21 Å². The van der Waals surface area contributed by atoms with Gasteiger partial charge in [0.25, 0.3) is 5.13 Å². The largest absolute Gasteiger partial charge is 0.620 e. The second kappa shape index (κ2) is 5.52. The fourth-order valence-corrected chi connectivity index (χ4v) is 2.47. The van der Waals surface area contributed by atoms with Crippen molar-refractivity contribution in [2.75, 3.05) is 13.1 Å². The van der Waals surface area contributed by atoms with Crippen LogP contribution in [0.5, 0.6) is 0 Å². The van der Waals surface area contributed by atoms with E-state index in [1.165, 1.54) is 11.3 Å². The average molecular weight is 280 g/mol. The summed E-state index contributed by atoms with van der Waals surface area (Å²) in [5.41, 5.74) is 1.14. The summed E-state index contributed by atoms with van der Waals surface area (Å²) >= 11 is 1.31. The van der Waals surface area contributed by atoms with Crippen molar-refractivity contribution < 1.29 is 4.79 Å². The Labute approximate surface area is 115 Å². The summed E-state index contributed by atoms with van der Waals surface area (Å²) in [4.78, 5) is 15.7. The Morgan fingerprint density at radius 2 is 2.53 bits per heavy atom. The van der Waals surface area contributed by atoms with Gasteiger partial charge in [0, 0.05) is 11.0 Å². The molecule has 0 saturated carbocycles. The van der Waals surface area contributed by atoms with Gasteiger partial charge in [-0.15, -0.1) is 0 Å². The Balaban J connectivity index is 2.03. The highest BCUT2D eigenvalue weighted by Gasteiger charge is 2.23. The zero-order valence-corrected chi connectivity index (χ0v) is 11.5. The third-order valence-electron chi connectivity index (χ3n) is 2.70. The van der Waals surface area contributed by atoms with E-state index >= 15 is 0 Å². The van der Waals surface area contributed by atoms with Gasteiger partial charge in [-0.05, 0) is 6.92 Å². The zero-order valence-electron chi connectivity index (χ0n) is 10.7. The molecule has 1 unspecified atom stereocenters. The highest BCUT2D eigenvalue weighted by atomic mass is 32.1. The standard InChI is InChI=1S/C12H16N4O2S/c1-9(2)11(17)14-7-10-8-19-12(15-10)16(18)5-3-13-4-6-16/h3,5,8,13H,1,4,6-7H2,2H3,(H,14,17). The van der Waals surface area contributed by atoms with Crippen LogP contribution in [0.25, 0.3) is 0 Å². The molecule has 0 bridgehead atoms. The molecule has 1 amide bonds. The van der Waals surface area contributed by atoms with E-state index in [2.05, 4.69) is 22.2 Å². The van der Waals surface area contributed by atoms with Crippen LogP contribution in [0.4, 0.5) is 5.13 Å². The van der Waals surface area contributed by atoms with Gasteiger partial charge in [0.15, 0.2) is 0 Å². The number of thiazole rings is 1. The van der Waals surface area contributed by atoms with Crippen LogP contribution in [0.3, 0.4) is 0 Å². The second-order valence-electron chi connectivity index (χ2n) is 4.37. The molecule has 0 fully saturated rings. The van der Waals surface area contributed by atoms with Gasteiger partial charge in [-0.3, -0.25) is 9.44 Å². The normalized spacial score (nSPS) is 21.8. The molecular weight excluding hydrogens is 264 g/mol. The van der Waals surface area contributed by atoms with Gasteiger partial charge in [0.2, 0.25) is 5.91 Å². The van der Waals surface area contributed by atoms with E-state index in [1.807, 2.05) is 0 Å². The first-order chi connectivity index (χ1) is 9.01. The van der Waals surface area contributed by atoms with E-state index in [4.69, 9.17) is 0 Å². The summed E-state index contributed by atoms with van der Waals surface area (Å²) in [5, 5.41) is 20.4. The number of hydrogen-bond acceptors (Lipinski definition) is 5. The number of nitrogens with one attached hydrogen (secondary N) is 2. The quantitative estimate of drug-likeness (QED) is 0.494. The van der Waals surface area contributed by atoms with Gasteiger partial charge in [0.1, 0.15) is 12.7 Å². The zero-order chi connectivity index (χ0) is 13.9. The van der Waals surface area contributed by atoms with E-state index in [-0.39, 0.29) is 5.91 Å². The lowest BCUT2D eigenvalue weighted by Gasteiger charge is -2.37. The number of hydrogen-bond donors (Lipinski definition) is 2. The van der Waals surface area contributed by atoms with Gasteiger partial charge < -0.3 is 15.8 Å². The second-order valence-corrected chi connectivity index (χ2v) is 5.21. The molecule has 6 nitrogen and oxygen atoms in total. The van der Waals surface area contributed by atoms with Crippen molar-refractivity contribution in [3.05, 3.63) is 40.8 Å². The predicted molar refractivity (Wildman–Crippen MR) is 75.9 cm³/mol. The number of rotatable bonds is 4. The van der Waals surface area contributed by atoms with Crippen molar-refractivity contribution in [1.29, 1.82) is 0 Å². The topological polar surface area (TPSA) is 77.1 Å². The Morgan fingerprint density at radius 1 is 1.74 bits per heavy atom. The molecule has 0 aromatic carbocycles. The van der Waals surface area contributed by atoms with Gasteiger partial charge >= 0.3 is 0 Å². The van der Waals surface area contributed by atoms with Gasteiger partial charge in [-0.2, -0.15) is 4.98 Å². The summed E-state index contributed by atoms with van der Waals surface area (Å²) < 4.78 is -0.550. The van der Waals surface area contributed by atoms with Crippen molar-refractivity contribution in [2.45, 2.75) is 13.5 Å². The molecular formula is C12H16N4O2S. The molecule has 2 N–H and O–H groups in total. The molecule has 102 valence electrons. The molecule has 2 heterocycles. The van der Waals surface area contributed by atoms with E-state index < -0.39 is 4.65 Å². The first-order valence-corrected chi connectivity index (χ1v) is 6.78. The molecule has 7 heteroatoms. The van der Waals surface area contributed by atoms with Crippen LogP contribution in [0.15, 0.2) is 29.9 Å². The van der Waals surface area contributed by atoms with Crippen LogP contribution < -0.4 is 15.3 Å². The van der Waals surface area contributed by atoms with Crippen molar-refractivity contribution in [2.24, 2.45) is 0 Å². The molecule has 1 atom stereocenters. The summed E-state index contributed by atoms with van der Waals surface area (Å²) in [6.45, 7) is 6.56. The van der Waals surface area contributed by atoms with Crippen molar-refractivity contribution in [3.63, 3.8) is 0 Å². The number of carbonyl (C=O) groups is 1. The number of amides is 1. The average Bonchev–Trinajstić information content (AvgIpc) is 2.86. The minimum atomic E-state index is -0.550. The van der Waals surface area contributed by atoms with Crippen LogP contribution >= 0.6 is 11.3 Å². The minimum absolute atomic E-state index is 0.206. The highest BCUT2D eigenvalue weighted by Crippen LogP contribution is 2.27. The van der Waals surface area contributed by atoms with E-state index in [9.17, 15) is 10.0 Å². The highest BCUT2D eigenvalue weighted by molar-refractivity contribution is 7.13. The monoisotopic (exact) mass is 280 g/mol. The van der Waals surface area contributed by atoms with E-state index in [0.717, 1.165) is 0 Å². The van der Waals surface area contributed by atoms with E-state index in [0.29, 0.717) is 36.0 Å². The van der Waals surface area contributed by atoms with Crippen LogP contribution in [0.2, 0.25) is 0 Å². The van der Waals surface area contributed by atoms with Crippen molar-refractivity contribution in [3.8, 4) is 0 Å². The van der Waals surface area contributed by atoms with Gasteiger partial charge in [0.05, 0.1) is 25.0 Å². The van der Waals surface area contributed by atoms with Crippen LogP contribution in [-0.2, 0) is 11.3 Å². The predicted octanol–water partition coefficient (Wildman–Crippen LogP) is 1.21. The number of aromatic nitrogens is 1. The van der Waals surface area contributed by atoms with Crippen LogP contribution in [-0.4, -0.2) is 24.0 Å². The summed E-state index contributed by atoms with van der Waals surface area (Å²) in [6, 6.07) is 0. The van der Waals surface area contributed by atoms with Gasteiger partial charge in [-0.25, -0.2) is 0 Å². The first kappa shape index (κ1) is 13.7. The lowest BCUT2D eigenvalue weighted by molar-refractivity contribution is -0.117. The summed E-state index contributed by atoms with van der Waals surface area (Å²) in [5.74, 6) is -0.206. The van der Waals surface area contributed by atoms with Crippen LogP contribution in [0.1, 0.15) is 12.6 Å². The third kappa shape index (κ3) is 3.19. The molecule has 1 aliphatic heterocycles. The smallest absolute Gasteiger partial charge is 0.291 e. The number of quaternary nitrogens is 1. The fourth-order valence-electron chi connectivity index (χ4n) is 1.59. The Hall–Kier alpha value is -1.70. The lowest BCUT2D eigenvalue weighted by atomic mass is 10.3. The molecule has 19 heavy (non-hydrogen) atoms. The summed E-state index contributed by atoms with van der Waals surface area (Å²) in [7, 11) is 0. The molecule has 1 aliphatic rings. The van der Waals surface area contributed by atoms with Gasteiger partial charge in [-0.1, -0.05) is 17.9 Å². The molecule has 0 radical (unpaired) electrons. The number of nitrogens with zero attached hydrogens (tertiary/aromatic N) is 2. The minimum Gasteiger partial charge on any atom is -0.620 e. The maximum absolute atomic E-state index is 12.4. The van der Waals surface area contributed by atoms with Crippen molar-refractivity contribution in [1.82, 2.24) is 20.3 Å². The maximum Gasteiger partial charge on any atom is 0.291 e. The molecule has 1 aromatic heterocycles. The Kier molecular flexibility index (Phi) is 3.98. The van der Waals surface area contributed by atoms with Crippen molar-refractivity contribution >= 4 is 22.4 Å². The molecule has 0 saturated heterocycles. The number of carbonyl (C=O) groups excluding carboxylic acids is 1. The Bertz CT molecular complexity index is 526. The number of hydroxylamine groups is 2. The van der Waals surface area contributed by atoms with E-state index in [1.54, 1.807) is 24.7 Å². The summed E-state index contributed by atoms with van der Waals surface area (Å²) in [6.07, 6.45) is 3.19. The fraction of sp³-hybridized carbons (Fsp3) is 0.333. The SMILES string of the molecule is C=C(C)C(=O)NCc1csc([N+]2([O-])C=CNCC2)n1. The maximum atomic E-state index is 12.4. The molecule has 0 aliphatic carbocycles. The molecule has 0 spiro atoms. The molecule has 1 aromatic rings. The molecule has 2 rings (SSSR count). The first-order valence-electron chi connectivity index (χ1n) is 5.90. The Morgan fingerprint density at radius 3 is 3.16 bits per heavy atom. The lowest BCUT2D eigenvalue weighted by Crippen LogP contribution is -2.45.